The lowest BCUT2D eigenvalue weighted by Crippen LogP contribution is -2.39. The minimum absolute atomic E-state index is 0.120. The van der Waals surface area contributed by atoms with Crippen LogP contribution in [0.3, 0.4) is 0 Å². The molecule has 1 atom stereocenters. The highest BCUT2D eigenvalue weighted by atomic mass is 19.4. The van der Waals surface area contributed by atoms with Crippen molar-refractivity contribution in [3.63, 3.8) is 0 Å². The maximum Gasteiger partial charge on any atom is 0.422 e. The molecule has 156 valence electrons. The maximum atomic E-state index is 14.3. The fourth-order valence-electron chi connectivity index (χ4n) is 2.21. The molecule has 0 unspecified atom stereocenters. The Morgan fingerprint density at radius 1 is 1.10 bits per heavy atom. The smallest absolute Gasteiger partial charge is 0.422 e. The summed E-state index contributed by atoms with van der Waals surface area (Å²) in [6.45, 7) is -0.146. The summed E-state index contributed by atoms with van der Waals surface area (Å²) in [7, 11) is 0. The molecule has 0 fully saturated rings. The number of halogens is 5. The van der Waals surface area contributed by atoms with E-state index < -0.39 is 42.2 Å². The Kier molecular flexibility index (Phi) is 6.40. The van der Waals surface area contributed by atoms with Gasteiger partial charge in [-0.15, -0.1) is 0 Å². The van der Waals surface area contributed by atoms with Crippen LogP contribution in [0.2, 0.25) is 0 Å². The topological polar surface area (TPSA) is 88.5 Å². The second-order valence-corrected chi connectivity index (χ2v) is 5.97. The van der Waals surface area contributed by atoms with Gasteiger partial charge in [-0.25, -0.2) is 4.79 Å². The van der Waals surface area contributed by atoms with Crippen LogP contribution < -0.4 is 10.1 Å². The number of aromatic nitrogens is 1. The highest BCUT2D eigenvalue weighted by molar-refractivity contribution is 5.88. The number of nitrogens with zero attached hydrogens (tertiary/aromatic N) is 1. The standard InChI is InChI=1S/C18H15F5N2O4/c1-10(14-7-6-13(8-24-14)29-9-17(19,20)21)25-16(28)18(22,23)12-4-2-11(3-5-12)15(26)27/h2-8,10H,9H2,1H3,(H,25,28)(H,26,27)/t10-/m1/s1. The summed E-state index contributed by atoms with van der Waals surface area (Å²) in [5.74, 6) is -7.06. The Morgan fingerprint density at radius 2 is 1.72 bits per heavy atom. The number of benzene rings is 1. The molecule has 1 heterocycles. The molecule has 2 N–H and O–H groups in total. The van der Waals surface area contributed by atoms with Gasteiger partial charge in [0.25, 0.3) is 5.91 Å². The first-order valence-electron chi connectivity index (χ1n) is 8.08. The second kappa shape index (κ2) is 8.41. The largest absolute Gasteiger partial charge is 0.483 e. The number of carbonyl (C=O) groups is 2. The number of hydrogen-bond donors (Lipinski definition) is 2. The minimum Gasteiger partial charge on any atom is -0.483 e. The van der Waals surface area contributed by atoms with Gasteiger partial charge in [-0.2, -0.15) is 22.0 Å². The molecule has 2 aromatic rings. The quantitative estimate of drug-likeness (QED) is 0.670. The Hall–Kier alpha value is -3.24. The normalized spacial score (nSPS) is 12.9. The SMILES string of the molecule is C[C@@H](NC(=O)C(F)(F)c1ccc(C(=O)O)cc1)c1ccc(OCC(F)(F)F)cn1. The molecule has 0 bridgehead atoms. The molecular weight excluding hydrogens is 403 g/mol. The van der Waals surface area contributed by atoms with Gasteiger partial charge in [0.2, 0.25) is 0 Å². The zero-order valence-corrected chi connectivity index (χ0v) is 14.8. The number of carbonyl (C=O) groups excluding carboxylic acids is 1. The molecular formula is C18H15F5N2O4. The molecule has 1 aromatic carbocycles. The van der Waals surface area contributed by atoms with Crippen LogP contribution >= 0.6 is 0 Å². The number of hydrogen-bond acceptors (Lipinski definition) is 4. The van der Waals surface area contributed by atoms with Crippen molar-refractivity contribution in [1.29, 1.82) is 0 Å². The third kappa shape index (κ3) is 5.87. The van der Waals surface area contributed by atoms with Gasteiger partial charge in [-0.1, -0.05) is 12.1 Å². The molecule has 0 spiro atoms. The number of carboxylic acids is 1. The number of alkyl halides is 5. The van der Waals surface area contributed by atoms with Crippen LogP contribution in [-0.2, 0) is 10.7 Å². The van der Waals surface area contributed by atoms with Gasteiger partial charge >= 0.3 is 18.1 Å². The van der Waals surface area contributed by atoms with Crippen molar-refractivity contribution in [1.82, 2.24) is 10.3 Å². The molecule has 1 amide bonds. The highest BCUT2D eigenvalue weighted by Crippen LogP contribution is 2.29. The van der Waals surface area contributed by atoms with Gasteiger partial charge in [0.15, 0.2) is 6.61 Å². The van der Waals surface area contributed by atoms with Crippen LogP contribution in [0.1, 0.15) is 34.6 Å². The molecule has 0 saturated heterocycles. The molecule has 29 heavy (non-hydrogen) atoms. The lowest BCUT2D eigenvalue weighted by molar-refractivity contribution is -0.153. The number of aromatic carboxylic acids is 1. The Morgan fingerprint density at radius 3 is 2.21 bits per heavy atom. The van der Waals surface area contributed by atoms with Gasteiger partial charge in [0, 0.05) is 5.56 Å². The number of nitrogens with one attached hydrogen (secondary N) is 1. The van der Waals surface area contributed by atoms with Crippen molar-refractivity contribution < 1.29 is 41.4 Å². The van der Waals surface area contributed by atoms with Crippen molar-refractivity contribution >= 4 is 11.9 Å². The predicted molar refractivity (Wildman–Crippen MR) is 89.6 cm³/mol. The zero-order valence-electron chi connectivity index (χ0n) is 14.8. The number of amides is 1. The Balaban J connectivity index is 2.04. The van der Waals surface area contributed by atoms with E-state index in [1.165, 1.54) is 19.1 Å². The molecule has 0 aliphatic rings. The van der Waals surface area contributed by atoms with Crippen molar-refractivity contribution in [2.24, 2.45) is 0 Å². The number of rotatable bonds is 7. The summed E-state index contributed by atoms with van der Waals surface area (Å²) in [6.07, 6.45) is -3.54. The van der Waals surface area contributed by atoms with Crippen LogP contribution in [0.5, 0.6) is 5.75 Å². The molecule has 2 rings (SSSR count). The molecule has 6 nitrogen and oxygen atoms in total. The predicted octanol–water partition coefficient (Wildman–Crippen LogP) is 3.69. The van der Waals surface area contributed by atoms with E-state index in [9.17, 15) is 31.5 Å². The van der Waals surface area contributed by atoms with Crippen molar-refractivity contribution in [3.05, 3.63) is 59.4 Å². The lowest BCUT2D eigenvalue weighted by Gasteiger charge is -2.20. The average molecular weight is 418 g/mol. The van der Waals surface area contributed by atoms with Crippen LogP contribution in [0.25, 0.3) is 0 Å². The van der Waals surface area contributed by atoms with Gasteiger partial charge in [-0.3, -0.25) is 9.78 Å². The molecule has 1 aromatic heterocycles. The number of ether oxygens (including phenoxy) is 1. The van der Waals surface area contributed by atoms with E-state index in [1.807, 2.05) is 0 Å². The molecule has 0 aliphatic heterocycles. The fourth-order valence-corrected chi connectivity index (χ4v) is 2.21. The van der Waals surface area contributed by atoms with Gasteiger partial charge in [0.1, 0.15) is 5.75 Å². The first kappa shape index (κ1) is 22.1. The molecule has 0 aliphatic carbocycles. The van der Waals surface area contributed by atoms with Gasteiger partial charge < -0.3 is 15.2 Å². The molecule has 0 radical (unpaired) electrons. The van der Waals surface area contributed by atoms with Crippen LogP contribution in [0, 0.1) is 0 Å². The average Bonchev–Trinajstić information content (AvgIpc) is 2.66. The summed E-state index contributed by atoms with van der Waals surface area (Å²) >= 11 is 0. The summed E-state index contributed by atoms with van der Waals surface area (Å²) < 4.78 is 69.5. The van der Waals surface area contributed by atoms with E-state index >= 15 is 0 Å². The van der Waals surface area contributed by atoms with Crippen molar-refractivity contribution in [2.75, 3.05) is 6.61 Å². The van der Waals surface area contributed by atoms with E-state index in [2.05, 4.69) is 15.0 Å². The van der Waals surface area contributed by atoms with Crippen molar-refractivity contribution in [3.8, 4) is 5.75 Å². The highest BCUT2D eigenvalue weighted by Gasteiger charge is 2.41. The lowest BCUT2D eigenvalue weighted by atomic mass is 10.0. The van der Waals surface area contributed by atoms with Crippen LogP contribution in [0.4, 0.5) is 22.0 Å². The molecule has 0 saturated carbocycles. The van der Waals surface area contributed by atoms with Crippen LogP contribution in [0.15, 0.2) is 42.6 Å². The summed E-state index contributed by atoms with van der Waals surface area (Å²) in [5, 5.41) is 10.8. The third-order valence-corrected chi connectivity index (χ3v) is 3.73. The second-order valence-electron chi connectivity index (χ2n) is 5.97. The Labute approximate surface area is 161 Å². The van der Waals surface area contributed by atoms with E-state index in [0.717, 1.165) is 30.5 Å². The third-order valence-electron chi connectivity index (χ3n) is 3.73. The maximum absolute atomic E-state index is 14.3. The van der Waals surface area contributed by atoms with E-state index in [0.29, 0.717) is 0 Å². The van der Waals surface area contributed by atoms with E-state index in [4.69, 9.17) is 5.11 Å². The van der Waals surface area contributed by atoms with Crippen LogP contribution in [-0.4, -0.2) is 34.8 Å². The summed E-state index contributed by atoms with van der Waals surface area (Å²) in [6, 6.07) is 4.98. The monoisotopic (exact) mass is 418 g/mol. The van der Waals surface area contributed by atoms with Crippen molar-refractivity contribution in [2.45, 2.75) is 25.1 Å². The summed E-state index contributed by atoms with van der Waals surface area (Å²) in [5.41, 5.74) is -0.791. The zero-order chi connectivity index (χ0) is 21.8. The fraction of sp³-hybridized carbons (Fsp3) is 0.278. The Bertz CT molecular complexity index is 867. The molecule has 11 heteroatoms. The van der Waals surface area contributed by atoms with Gasteiger partial charge in [0.05, 0.1) is 23.5 Å². The number of carboxylic acid groups (broad SMARTS) is 1. The summed E-state index contributed by atoms with van der Waals surface area (Å²) in [4.78, 5) is 26.6. The van der Waals surface area contributed by atoms with Gasteiger partial charge in [-0.05, 0) is 31.2 Å². The first-order chi connectivity index (χ1) is 13.4. The minimum atomic E-state index is -4.52. The van der Waals surface area contributed by atoms with E-state index in [-0.39, 0.29) is 17.0 Å². The van der Waals surface area contributed by atoms with E-state index in [1.54, 1.807) is 0 Å². The first-order valence-corrected chi connectivity index (χ1v) is 8.08. The number of pyridine rings is 1.